The van der Waals surface area contributed by atoms with Gasteiger partial charge in [-0.1, -0.05) is 0 Å². The SMILES string of the molecule is CS(=O)(=O)c1ccc(N2CCCCC2)cc1NC=C(C#N)C#N. The van der Waals surface area contributed by atoms with Crippen molar-refractivity contribution in [2.24, 2.45) is 0 Å². The van der Waals surface area contributed by atoms with Gasteiger partial charge in [0.15, 0.2) is 9.84 Å². The van der Waals surface area contributed by atoms with Crippen LogP contribution in [0, 0.1) is 22.7 Å². The molecule has 6 nitrogen and oxygen atoms in total. The van der Waals surface area contributed by atoms with Crippen molar-refractivity contribution in [1.82, 2.24) is 0 Å². The van der Waals surface area contributed by atoms with Gasteiger partial charge in [-0.25, -0.2) is 8.42 Å². The van der Waals surface area contributed by atoms with Gasteiger partial charge in [-0.05, 0) is 37.5 Å². The Bertz CT molecular complexity index is 778. The van der Waals surface area contributed by atoms with Crippen LogP contribution in [0.2, 0.25) is 0 Å². The summed E-state index contributed by atoms with van der Waals surface area (Å²) in [4.78, 5) is 2.35. The molecule has 23 heavy (non-hydrogen) atoms. The van der Waals surface area contributed by atoms with Crippen molar-refractivity contribution < 1.29 is 8.42 Å². The number of piperidine rings is 1. The predicted molar refractivity (Wildman–Crippen MR) is 88.5 cm³/mol. The molecule has 1 aromatic rings. The molecule has 7 heteroatoms. The highest BCUT2D eigenvalue weighted by Crippen LogP contribution is 2.29. The summed E-state index contributed by atoms with van der Waals surface area (Å²) < 4.78 is 23.8. The zero-order valence-electron chi connectivity index (χ0n) is 12.9. The molecular weight excluding hydrogens is 312 g/mol. The fraction of sp³-hybridized carbons (Fsp3) is 0.375. The van der Waals surface area contributed by atoms with E-state index in [4.69, 9.17) is 10.5 Å². The minimum Gasteiger partial charge on any atom is -0.371 e. The van der Waals surface area contributed by atoms with Crippen LogP contribution in [-0.4, -0.2) is 27.8 Å². The second-order valence-corrected chi connectivity index (χ2v) is 7.41. The number of rotatable bonds is 4. The molecule has 1 saturated heterocycles. The zero-order chi connectivity index (χ0) is 16.9. The van der Waals surface area contributed by atoms with Gasteiger partial charge >= 0.3 is 0 Å². The molecule has 0 aromatic heterocycles. The van der Waals surface area contributed by atoms with Crippen molar-refractivity contribution in [3.63, 3.8) is 0 Å². The summed E-state index contributed by atoms with van der Waals surface area (Å²) in [6, 6.07) is 8.59. The standard InChI is InChI=1S/C16H18N4O2S/c1-23(21,22)16-6-5-14(20-7-3-2-4-8-20)9-15(16)19-12-13(10-17)11-18/h5-6,9,12,19H,2-4,7-8H2,1H3. The number of nitriles is 2. The Morgan fingerprint density at radius 2 is 1.87 bits per heavy atom. The zero-order valence-corrected chi connectivity index (χ0v) is 13.7. The molecule has 1 aromatic carbocycles. The van der Waals surface area contributed by atoms with Crippen molar-refractivity contribution in [2.45, 2.75) is 24.2 Å². The van der Waals surface area contributed by atoms with Crippen LogP contribution >= 0.6 is 0 Å². The van der Waals surface area contributed by atoms with E-state index in [9.17, 15) is 8.42 Å². The van der Waals surface area contributed by atoms with E-state index in [0.717, 1.165) is 37.9 Å². The molecule has 0 aliphatic carbocycles. The summed E-state index contributed by atoms with van der Waals surface area (Å²) in [7, 11) is -3.42. The molecule has 2 rings (SSSR count). The van der Waals surface area contributed by atoms with Gasteiger partial charge < -0.3 is 10.2 Å². The molecule has 1 N–H and O–H groups in total. The van der Waals surface area contributed by atoms with Gasteiger partial charge in [-0.3, -0.25) is 0 Å². The minimum atomic E-state index is -3.42. The van der Waals surface area contributed by atoms with Gasteiger partial charge in [-0.15, -0.1) is 0 Å². The first-order chi connectivity index (χ1) is 11.0. The summed E-state index contributed by atoms with van der Waals surface area (Å²) in [6.07, 6.45) is 5.80. The number of sulfone groups is 1. The van der Waals surface area contributed by atoms with Crippen LogP contribution in [0.4, 0.5) is 11.4 Å². The molecule has 0 bridgehead atoms. The molecule has 1 heterocycles. The van der Waals surface area contributed by atoms with Crippen LogP contribution in [0.1, 0.15) is 19.3 Å². The highest BCUT2D eigenvalue weighted by molar-refractivity contribution is 7.90. The van der Waals surface area contributed by atoms with Gasteiger partial charge in [0.2, 0.25) is 0 Å². The number of allylic oxidation sites excluding steroid dienone is 1. The number of nitrogens with one attached hydrogen (secondary N) is 1. The molecule has 0 unspecified atom stereocenters. The molecule has 0 saturated carbocycles. The van der Waals surface area contributed by atoms with Gasteiger partial charge in [0.05, 0.1) is 10.6 Å². The van der Waals surface area contributed by atoms with Gasteiger partial charge in [0.25, 0.3) is 0 Å². The number of anilines is 2. The first-order valence-corrected chi connectivity index (χ1v) is 9.21. The summed E-state index contributed by atoms with van der Waals surface area (Å²) in [5.74, 6) is 0. The lowest BCUT2D eigenvalue weighted by atomic mass is 10.1. The Morgan fingerprint density at radius 1 is 1.22 bits per heavy atom. The van der Waals surface area contributed by atoms with Crippen molar-refractivity contribution in [1.29, 1.82) is 10.5 Å². The largest absolute Gasteiger partial charge is 0.371 e. The van der Waals surface area contributed by atoms with E-state index in [0.29, 0.717) is 5.69 Å². The van der Waals surface area contributed by atoms with Crippen LogP contribution in [0.25, 0.3) is 0 Å². The highest BCUT2D eigenvalue weighted by Gasteiger charge is 2.17. The van der Waals surface area contributed by atoms with Crippen LogP contribution < -0.4 is 10.2 Å². The van der Waals surface area contributed by atoms with Crippen LogP contribution in [0.5, 0.6) is 0 Å². The summed E-state index contributed by atoms with van der Waals surface area (Å²) in [5.41, 5.74) is 1.19. The molecule has 0 radical (unpaired) electrons. The maximum Gasteiger partial charge on any atom is 0.177 e. The third-order valence-electron chi connectivity index (χ3n) is 3.70. The number of hydrogen-bond donors (Lipinski definition) is 1. The van der Waals surface area contributed by atoms with E-state index in [1.807, 2.05) is 0 Å². The second-order valence-electron chi connectivity index (χ2n) is 5.43. The Kier molecular flexibility index (Phi) is 5.25. The number of benzene rings is 1. The molecular formula is C16H18N4O2S. The number of nitrogens with zero attached hydrogens (tertiary/aromatic N) is 3. The third kappa shape index (κ3) is 4.24. The van der Waals surface area contributed by atoms with Crippen molar-refractivity contribution in [3.8, 4) is 12.1 Å². The lowest BCUT2D eigenvalue weighted by molar-refractivity contribution is 0.577. The molecule has 0 spiro atoms. The van der Waals surface area contributed by atoms with Gasteiger partial charge in [-0.2, -0.15) is 10.5 Å². The maximum atomic E-state index is 11.9. The lowest BCUT2D eigenvalue weighted by Gasteiger charge is -2.29. The Balaban J connectivity index is 2.40. The molecule has 0 atom stereocenters. The maximum absolute atomic E-state index is 11.9. The van der Waals surface area contributed by atoms with Crippen LogP contribution in [0.3, 0.4) is 0 Å². The fourth-order valence-corrected chi connectivity index (χ4v) is 3.37. The van der Waals surface area contributed by atoms with Crippen LogP contribution in [0.15, 0.2) is 34.9 Å². The normalized spacial score (nSPS) is 14.5. The Hall–Kier alpha value is -2.51. The van der Waals surface area contributed by atoms with E-state index in [-0.39, 0.29) is 10.5 Å². The summed E-state index contributed by atoms with van der Waals surface area (Å²) in [6.45, 7) is 1.88. The third-order valence-corrected chi connectivity index (χ3v) is 4.85. The van der Waals surface area contributed by atoms with E-state index >= 15 is 0 Å². The van der Waals surface area contributed by atoms with Crippen molar-refractivity contribution in [3.05, 3.63) is 30.0 Å². The van der Waals surface area contributed by atoms with E-state index < -0.39 is 9.84 Å². The van der Waals surface area contributed by atoms with Crippen LogP contribution in [-0.2, 0) is 9.84 Å². The lowest BCUT2D eigenvalue weighted by Crippen LogP contribution is -2.29. The molecule has 1 aliphatic heterocycles. The molecule has 1 fully saturated rings. The molecule has 1 aliphatic rings. The first kappa shape index (κ1) is 16.9. The van der Waals surface area contributed by atoms with Gasteiger partial charge in [0.1, 0.15) is 17.7 Å². The summed E-state index contributed by atoms with van der Waals surface area (Å²) >= 11 is 0. The minimum absolute atomic E-state index is 0.118. The average Bonchev–Trinajstić information content (AvgIpc) is 2.55. The number of hydrogen-bond acceptors (Lipinski definition) is 6. The van der Waals surface area contributed by atoms with E-state index in [1.165, 1.54) is 12.6 Å². The summed E-state index contributed by atoms with van der Waals surface area (Å²) in [5, 5.41) is 20.4. The average molecular weight is 330 g/mol. The van der Waals surface area contributed by atoms with E-state index in [2.05, 4.69) is 10.2 Å². The predicted octanol–water partition coefficient (Wildman–Crippen LogP) is 2.42. The smallest absolute Gasteiger partial charge is 0.177 e. The topological polar surface area (TPSA) is 97.0 Å². The molecule has 120 valence electrons. The van der Waals surface area contributed by atoms with E-state index in [1.54, 1.807) is 30.3 Å². The quantitative estimate of drug-likeness (QED) is 0.852. The van der Waals surface area contributed by atoms with Crippen molar-refractivity contribution in [2.75, 3.05) is 29.6 Å². The van der Waals surface area contributed by atoms with Gasteiger partial charge in [0, 0.05) is 31.2 Å². The Labute approximate surface area is 136 Å². The molecule has 0 amide bonds. The highest BCUT2D eigenvalue weighted by atomic mass is 32.2. The first-order valence-electron chi connectivity index (χ1n) is 7.31. The Morgan fingerprint density at radius 3 is 2.43 bits per heavy atom. The monoisotopic (exact) mass is 330 g/mol. The fourth-order valence-electron chi connectivity index (χ4n) is 2.54. The van der Waals surface area contributed by atoms with Crippen molar-refractivity contribution >= 4 is 21.2 Å². The second kappa shape index (κ2) is 7.17.